The number of hydrogen-bond acceptors (Lipinski definition) is 2. The van der Waals surface area contributed by atoms with Gasteiger partial charge in [0.2, 0.25) is 0 Å². The zero-order valence-electron chi connectivity index (χ0n) is 9.42. The highest BCUT2D eigenvalue weighted by Crippen LogP contribution is 2.32. The molecule has 0 spiro atoms. The van der Waals surface area contributed by atoms with Crippen molar-refractivity contribution in [2.45, 2.75) is 44.9 Å². The number of thiophene rings is 1. The summed E-state index contributed by atoms with van der Waals surface area (Å²) in [6, 6.07) is 2.15. The van der Waals surface area contributed by atoms with E-state index < -0.39 is 0 Å². The van der Waals surface area contributed by atoms with Crippen LogP contribution >= 0.6 is 11.3 Å². The SMILES string of the molecule is O=C(C1=CCCC1)c1cc2c(s1)CCCC2. The maximum absolute atomic E-state index is 12.2. The lowest BCUT2D eigenvalue weighted by Gasteiger charge is -2.08. The fourth-order valence-corrected chi connectivity index (χ4v) is 3.87. The number of hydrogen-bond donors (Lipinski definition) is 0. The lowest BCUT2D eigenvalue weighted by Crippen LogP contribution is -1.98. The van der Waals surface area contributed by atoms with E-state index in [0.717, 1.165) is 29.7 Å². The normalized spacial score (nSPS) is 19.4. The largest absolute Gasteiger partial charge is 0.288 e. The average Bonchev–Trinajstić information content (AvgIpc) is 2.97. The summed E-state index contributed by atoms with van der Waals surface area (Å²) in [7, 11) is 0. The summed E-state index contributed by atoms with van der Waals surface area (Å²) in [6.07, 6.45) is 10.3. The molecule has 3 rings (SSSR count). The standard InChI is InChI=1S/C14H16OS/c15-14(10-5-1-2-6-10)13-9-11-7-3-4-8-12(11)16-13/h5,9H,1-4,6-8H2. The van der Waals surface area contributed by atoms with E-state index in [-0.39, 0.29) is 0 Å². The number of fused-ring (bicyclic) bond motifs is 1. The van der Waals surface area contributed by atoms with Crippen molar-refractivity contribution in [3.05, 3.63) is 33.0 Å². The quantitative estimate of drug-likeness (QED) is 0.706. The Morgan fingerprint density at radius 2 is 2.00 bits per heavy atom. The van der Waals surface area contributed by atoms with Crippen LogP contribution < -0.4 is 0 Å². The van der Waals surface area contributed by atoms with Crippen LogP contribution in [-0.4, -0.2) is 5.78 Å². The van der Waals surface area contributed by atoms with Crippen molar-refractivity contribution >= 4 is 17.1 Å². The molecule has 2 aliphatic carbocycles. The predicted molar refractivity (Wildman–Crippen MR) is 67.2 cm³/mol. The lowest BCUT2D eigenvalue weighted by molar-refractivity contribution is 0.103. The topological polar surface area (TPSA) is 17.1 Å². The van der Waals surface area contributed by atoms with Crippen LogP contribution in [0.1, 0.15) is 52.2 Å². The van der Waals surface area contributed by atoms with Crippen LogP contribution in [0, 0.1) is 0 Å². The van der Waals surface area contributed by atoms with Crippen molar-refractivity contribution < 1.29 is 4.79 Å². The molecule has 0 saturated carbocycles. The first-order valence-corrected chi connectivity index (χ1v) is 7.01. The summed E-state index contributed by atoms with van der Waals surface area (Å²) in [4.78, 5) is 14.7. The van der Waals surface area contributed by atoms with Crippen molar-refractivity contribution in [2.24, 2.45) is 0 Å². The van der Waals surface area contributed by atoms with Crippen molar-refractivity contribution in [1.29, 1.82) is 0 Å². The number of ketones is 1. The third kappa shape index (κ3) is 1.75. The monoisotopic (exact) mass is 232 g/mol. The highest BCUT2D eigenvalue weighted by Gasteiger charge is 2.20. The summed E-state index contributed by atoms with van der Waals surface area (Å²) >= 11 is 1.74. The van der Waals surface area contributed by atoms with Crippen LogP contribution in [0.3, 0.4) is 0 Å². The zero-order valence-corrected chi connectivity index (χ0v) is 10.2. The van der Waals surface area contributed by atoms with Gasteiger partial charge in [0.25, 0.3) is 0 Å². The molecule has 1 nitrogen and oxygen atoms in total. The molecule has 0 atom stereocenters. The first-order chi connectivity index (χ1) is 7.84. The second-order valence-corrected chi connectivity index (χ2v) is 5.85. The predicted octanol–water partition coefficient (Wildman–Crippen LogP) is 3.92. The molecular formula is C14H16OS. The Kier molecular flexibility index (Phi) is 2.68. The summed E-state index contributed by atoms with van der Waals surface area (Å²) < 4.78 is 0. The first kappa shape index (κ1) is 10.3. The molecule has 0 N–H and O–H groups in total. The maximum atomic E-state index is 12.2. The van der Waals surface area contributed by atoms with Gasteiger partial charge in [-0.15, -0.1) is 11.3 Å². The van der Waals surface area contributed by atoms with Gasteiger partial charge in [-0.1, -0.05) is 6.08 Å². The highest BCUT2D eigenvalue weighted by molar-refractivity contribution is 7.14. The molecule has 0 radical (unpaired) electrons. The highest BCUT2D eigenvalue weighted by atomic mass is 32.1. The molecule has 1 aromatic heterocycles. The average molecular weight is 232 g/mol. The summed E-state index contributed by atoms with van der Waals surface area (Å²) in [5.74, 6) is 0.303. The Morgan fingerprint density at radius 1 is 1.12 bits per heavy atom. The van der Waals surface area contributed by atoms with Gasteiger partial charge in [-0.25, -0.2) is 0 Å². The van der Waals surface area contributed by atoms with Crippen LogP contribution in [0.25, 0.3) is 0 Å². The molecular weight excluding hydrogens is 216 g/mol. The summed E-state index contributed by atoms with van der Waals surface area (Å²) in [5.41, 5.74) is 2.50. The molecule has 0 bridgehead atoms. The van der Waals surface area contributed by atoms with Crippen LogP contribution in [0.5, 0.6) is 0 Å². The smallest absolute Gasteiger partial charge is 0.198 e. The Labute approximate surface area is 100 Å². The molecule has 0 saturated heterocycles. The second-order valence-electron chi connectivity index (χ2n) is 4.72. The Bertz CT molecular complexity index is 430. The van der Waals surface area contributed by atoms with Gasteiger partial charge in [-0.2, -0.15) is 0 Å². The summed E-state index contributed by atoms with van der Waals surface area (Å²) in [5, 5.41) is 0. The minimum atomic E-state index is 0.303. The third-order valence-corrected chi connectivity index (χ3v) is 4.79. The fraction of sp³-hybridized carbons (Fsp3) is 0.500. The number of carbonyl (C=O) groups excluding carboxylic acids is 1. The molecule has 0 fully saturated rings. The van der Waals surface area contributed by atoms with Crippen molar-refractivity contribution in [3.63, 3.8) is 0 Å². The van der Waals surface area contributed by atoms with Crippen LogP contribution in [0.4, 0.5) is 0 Å². The van der Waals surface area contributed by atoms with Crippen molar-refractivity contribution in [2.75, 3.05) is 0 Å². The Balaban J connectivity index is 1.89. The number of allylic oxidation sites excluding steroid dienone is 2. The molecule has 2 heteroatoms. The van der Waals surface area contributed by atoms with Gasteiger partial charge < -0.3 is 0 Å². The van der Waals surface area contributed by atoms with Gasteiger partial charge in [0.05, 0.1) is 4.88 Å². The van der Waals surface area contributed by atoms with Crippen LogP contribution in [-0.2, 0) is 12.8 Å². The van der Waals surface area contributed by atoms with E-state index in [0.29, 0.717) is 5.78 Å². The van der Waals surface area contributed by atoms with E-state index >= 15 is 0 Å². The van der Waals surface area contributed by atoms with Gasteiger partial charge in [0, 0.05) is 4.88 Å². The van der Waals surface area contributed by atoms with Crippen LogP contribution in [0.2, 0.25) is 0 Å². The molecule has 1 aromatic rings. The fourth-order valence-electron chi connectivity index (χ4n) is 2.64. The Hall–Kier alpha value is -0.890. The van der Waals surface area contributed by atoms with Crippen molar-refractivity contribution in [3.8, 4) is 0 Å². The maximum Gasteiger partial charge on any atom is 0.198 e. The molecule has 0 aliphatic heterocycles. The summed E-state index contributed by atoms with van der Waals surface area (Å²) in [6.45, 7) is 0. The Morgan fingerprint density at radius 3 is 2.75 bits per heavy atom. The van der Waals surface area contributed by atoms with Crippen LogP contribution in [0.15, 0.2) is 17.7 Å². The van der Waals surface area contributed by atoms with E-state index in [1.54, 1.807) is 11.3 Å². The molecule has 0 unspecified atom stereocenters. The molecule has 2 aliphatic rings. The number of Topliss-reactive ketones (excluding diaryl/α,β-unsaturated/α-hetero) is 1. The van der Waals surface area contributed by atoms with Gasteiger partial charge in [0.15, 0.2) is 5.78 Å². The van der Waals surface area contributed by atoms with Crippen molar-refractivity contribution in [1.82, 2.24) is 0 Å². The van der Waals surface area contributed by atoms with Gasteiger partial charge in [-0.05, 0) is 62.1 Å². The zero-order chi connectivity index (χ0) is 11.0. The lowest BCUT2D eigenvalue weighted by atomic mass is 9.98. The number of aryl methyl sites for hydroxylation is 2. The second kappa shape index (κ2) is 4.17. The van der Waals surface area contributed by atoms with E-state index in [1.807, 2.05) is 0 Å². The van der Waals surface area contributed by atoms with Gasteiger partial charge in [0.1, 0.15) is 0 Å². The van der Waals surface area contributed by atoms with E-state index in [2.05, 4.69) is 12.1 Å². The molecule has 16 heavy (non-hydrogen) atoms. The van der Waals surface area contributed by atoms with Gasteiger partial charge >= 0.3 is 0 Å². The van der Waals surface area contributed by atoms with Gasteiger partial charge in [-0.3, -0.25) is 4.79 Å². The molecule has 0 aromatic carbocycles. The minimum Gasteiger partial charge on any atom is -0.288 e. The number of carbonyl (C=O) groups is 1. The molecule has 1 heterocycles. The van der Waals surface area contributed by atoms with E-state index in [4.69, 9.17) is 0 Å². The molecule has 0 amide bonds. The van der Waals surface area contributed by atoms with E-state index in [1.165, 1.54) is 36.1 Å². The molecule has 84 valence electrons. The third-order valence-electron chi connectivity index (χ3n) is 3.55. The van der Waals surface area contributed by atoms with E-state index in [9.17, 15) is 4.79 Å². The number of rotatable bonds is 2. The minimum absolute atomic E-state index is 0.303. The first-order valence-electron chi connectivity index (χ1n) is 6.20.